The van der Waals surface area contributed by atoms with Gasteiger partial charge >= 0.3 is 0 Å². The van der Waals surface area contributed by atoms with E-state index in [0.717, 1.165) is 70.0 Å². The summed E-state index contributed by atoms with van der Waals surface area (Å²) < 4.78 is 11.2. The van der Waals surface area contributed by atoms with E-state index in [4.69, 9.17) is 9.47 Å². The zero-order chi connectivity index (χ0) is 20.1. The average Bonchev–Trinajstić information content (AvgIpc) is 3.00. The van der Waals surface area contributed by atoms with Gasteiger partial charge in [0.1, 0.15) is 12.0 Å². The lowest BCUT2D eigenvalue weighted by Crippen LogP contribution is -2.64. The molecule has 3 aliphatic heterocycles. The van der Waals surface area contributed by atoms with Gasteiger partial charge in [0.15, 0.2) is 0 Å². The van der Waals surface area contributed by atoms with E-state index in [0.29, 0.717) is 6.04 Å². The zero-order valence-corrected chi connectivity index (χ0v) is 17.6. The van der Waals surface area contributed by atoms with Gasteiger partial charge in [-0.25, -0.2) is 0 Å². The number of anilines is 1. The van der Waals surface area contributed by atoms with Gasteiger partial charge in [-0.15, -0.1) is 0 Å². The topological polar surface area (TPSA) is 78.6 Å². The molecule has 3 unspecified atom stereocenters. The lowest BCUT2D eigenvalue weighted by Gasteiger charge is -2.37. The van der Waals surface area contributed by atoms with Crippen LogP contribution in [0.2, 0.25) is 0 Å². The Morgan fingerprint density at radius 1 is 1.24 bits per heavy atom. The summed E-state index contributed by atoms with van der Waals surface area (Å²) in [5.74, 6) is 1.08. The minimum atomic E-state index is 0.0109. The minimum Gasteiger partial charge on any atom is -0.492 e. The summed E-state index contributed by atoms with van der Waals surface area (Å²) in [7, 11) is 1.74. The number of hydrogen-bond acceptors (Lipinski definition) is 7. The molecule has 7 heteroatoms. The molecule has 1 fully saturated rings. The second-order valence-electron chi connectivity index (χ2n) is 8.19. The van der Waals surface area contributed by atoms with Crippen LogP contribution in [0.4, 0.5) is 5.69 Å². The number of rotatable bonds is 7. The molecule has 0 aromatic heterocycles. The monoisotopic (exact) mass is 401 g/mol. The Hall–Kier alpha value is -1.64. The van der Waals surface area contributed by atoms with Crippen LogP contribution in [0.5, 0.6) is 5.75 Å². The first-order chi connectivity index (χ1) is 14.2. The van der Waals surface area contributed by atoms with Gasteiger partial charge in [-0.05, 0) is 50.4 Å². The third-order valence-electron chi connectivity index (χ3n) is 5.84. The molecule has 1 aromatic rings. The predicted molar refractivity (Wildman–Crippen MR) is 117 cm³/mol. The molecule has 0 spiro atoms. The zero-order valence-electron chi connectivity index (χ0n) is 17.6. The van der Waals surface area contributed by atoms with E-state index in [-0.39, 0.29) is 12.5 Å². The molecule has 3 heterocycles. The summed E-state index contributed by atoms with van der Waals surface area (Å²) in [6.07, 6.45) is 6.86. The highest BCUT2D eigenvalue weighted by molar-refractivity contribution is 5.76. The summed E-state index contributed by atoms with van der Waals surface area (Å²) in [6, 6.07) is 4.93. The van der Waals surface area contributed by atoms with Crippen molar-refractivity contribution in [2.75, 3.05) is 45.3 Å². The van der Waals surface area contributed by atoms with Crippen LogP contribution >= 0.6 is 0 Å². The van der Waals surface area contributed by atoms with E-state index in [1.54, 1.807) is 7.11 Å². The molecule has 0 amide bonds. The Labute approximate surface area is 174 Å². The lowest BCUT2D eigenvalue weighted by atomic mass is 9.96. The summed E-state index contributed by atoms with van der Waals surface area (Å²) >= 11 is 0. The van der Waals surface area contributed by atoms with Gasteiger partial charge < -0.3 is 20.1 Å². The number of fused-ring (bicyclic) bond motifs is 1. The second-order valence-corrected chi connectivity index (χ2v) is 8.19. The molecular formula is C22H35N5O2. The second kappa shape index (κ2) is 9.91. The van der Waals surface area contributed by atoms with Gasteiger partial charge in [0, 0.05) is 49.5 Å². The highest BCUT2D eigenvalue weighted by Gasteiger charge is 2.26. The summed E-state index contributed by atoms with van der Waals surface area (Å²) in [6.45, 7) is 6.57. The Balaban J connectivity index is 1.49. The van der Waals surface area contributed by atoms with Crippen LogP contribution in [-0.2, 0) is 11.2 Å². The van der Waals surface area contributed by atoms with Crippen molar-refractivity contribution in [1.82, 2.24) is 21.3 Å². The van der Waals surface area contributed by atoms with E-state index < -0.39 is 0 Å². The lowest BCUT2D eigenvalue weighted by molar-refractivity contribution is 0.179. The molecule has 0 saturated carbocycles. The number of ether oxygens (including phenoxy) is 2. The molecule has 3 atom stereocenters. The molecule has 5 N–H and O–H groups in total. The molecule has 1 aromatic carbocycles. The van der Waals surface area contributed by atoms with Crippen molar-refractivity contribution in [2.24, 2.45) is 0 Å². The van der Waals surface area contributed by atoms with Gasteiger partial charge in [0.05, 0.1) is 19.4 Å². The van der Waals surface area contributed by atoms with Gasteiger partial charge in [-0.3, -0.25) is 16.0 Å². The highest BCUT2D eigenvalue weighted by atomic mass is 16.5. The van der Waals surface area contributed by atoms with Crippen LogP contribution in [0.1, 0.15) is 37.3 Å². The maximum absolute atomic E-state index is 6.02. The third kappa shape index (κ3) is 5.29. The fourth-order valence-electron chi connectivity index (χ4n) is 4.43. The summed E-state index contributed by atoms with van der Waals surface area (Å²) in [5, 5.41) is 17.9. The van der Waals surface area contributed by atoms with Crippen LogP contribution < -0.4 is 31.3 Å². The largest absolute Gasteiger partial charge is 0.492 e. The molecule has 0 bridgehead atoms. The standard InChI is InChI=1S/C22H35N5O2/c1-15-12-20(24-9-11-28-2)27-22(25-15)26-18-13-17-6-10-29-21(17)19(14-18)16-4-3-7-23-8-5-16/h5,13-15,20,22-27H,3-4,6-12H2,1-2H3. The van der Waals surface area contributed by atoms with Crippen molar-refractivity contribution in [3.05, 3.63) is 29.3 Å². The van der Waals surface area contributed by atoms with Crippen molar-refractivity contribution in [3.63, 3.8) is 0 Å². The molecule has 0 radical (unpaired) electrons. The van der Waals surface area contributed by atoms with E-state index in [9.17, 15) is 0 Å². The van der Waals surface area contributed by atoms with Crippen molar-refractivity contribution in [1.29, 1.82) is 0 Å². The van der Waals surface area contributed by atoms with Crippen LogP contribution in [0, 0.1) is 0 Å². The number of nitrogens with one attached hydrogen (secondary N) is 5. The summed E-state index contributed by atoms with van der Waals surface area (Å²) in [5.41, 5.74) is 5.09. The molecule has 0 aliphatic carbocycles. The van der Waals surface area contributed by atoms with Crippen molar-refractivity contribution < 1.29 is 9.47 Å². The van der Waals surface area contributed by atoms with E-state index in [1.165, 1.54) is 16.7 Å². The van der Waals surface area contributed by atoms with E-state index in [1.807, 2.05) is 0 Å². The Morgan fingerprint density at radius 3 is 3.07 bits per heavy atom. The quantitative estimate of drug-likeness (QED) is 0.445. The fraction of sp³-hybridized carbons (Fsp3) is 0.636. The Morgan fingerprint density at radius 2 is 2.17 bits per heavy atom. The van der Waals surface area contributed by atoms with E-state index >= 15 is 0 Å². The summed E-state index contributed by atoms with van der Waals surface area (Å²) in [4.78, 5) is 0. The van der Waals surface area contributed by atoms with Crippen LogP contribution in [-0.4, -0.2) is 58.5 Å². The maximum atomic E-state index is 6.02. The van der Waals surface area contributed by atoms with Crippen molar-refractivity contribution in [3.8, 4) is 5.75 Å². The number of allylic oxidation sites excluding steroid dienone is 1. The van der Waals surface area contributed by atoms with Gasteiger partial charge in [0.25, 0.3) is 0 Å². The smallest absolute Gasteiger partial charge is 0.133 e. The Bertz CT molecular complexity index is 723. The number of benzene rings is 1. The van der Waals surface area contributed by atoms with Gasteiger partial charge in [-0.1, -0.05) is 6.08 Å². The minimum absolute atomic E-state index is 0.0109. The maximum Gasteiger partial charge on any atom is 0.133 e. The first-order valence-corrected chi connectivity index (χ1v) is 10.9. The Kier molecular flexibility index (Phi) is 7.05. The third-order valence-corrected chi connectivity index (χ3v) is 5.84. The normalized spacial score (nSPS) is 27.0. The van der Waals surface area contributed by atoms with Gasteiger partial charge in [-0.2, -0.15) is 0 Å². The van der Waals surface area contributed by atoms with Crippen LogP contribution in [0.15, 0.2) is 18.2 Å². The first-order valence-electron chi connectivity index (χ1n) is 10.9. The van der Waals surface area contributed by atoms with Crippen molar-refractivity contribution >= 4 is 11.3 Å². The molecule has 4 rings (SSSR count). The van der Waals surface area contributed by atoms with Crippen LogP contribution in [0.3, 0.4) is 0 Å². The number of methoxy groups -OCH3 is 1. The van der Waals surface area contributed by atoms with Gasteiger partial charge in [0.2, 0.25) is 0 Å². The molecular weight excluding hydrogens is 366 g/mol. The molecule has 1 saturated heterocycles. The molecule has 160 valence electrons. The molecule has 7 nitrogen and oxygen atoms in total. The fourth-order valence-corrected chi connectivity index (χ4v) is 4.43. The molecule has 3 aliphatic rings. The SMILES string of the molecule is COCCNC1CC(C)NC(Nc2cc3c(c(C4=CCNCCC4)c2)OCC3)N1. The molecule has 29 heavy (non-hydrogen) atoms. The van der Waals surface area contributed by atoms with E-state index in [2.05, 4.69) is 51.7 Å². The average molecular weight is 402 g/mol. The highest BCUT2D eigenvalue weighted by Crippen LogP contribution is 2.38. The van der Waals surface area contributed by atoms with Crippen molar-refractivity contribution in [2.45, 2.75) is 51.1 Å². The predicted octanol–water partition coefficient (Wildman–Crippen LogP) is 1.62. The van der Waals surface area contributed by atoms with Crippen LogP contribution in [0.25, 0.3) is 5.57 Å². The first kappa shape index (κ1) is 20.6. The number of hydrogen-bond donors (Lipinski definition) is 5.